The highest BCUT2D eigenvalue weighted by Gasteiger charge is 2.06. The molecular formula is C17H12ClNO3. The summed E-state index contributed by atoms with van der Waals surface area (Å²) in [5.41, 5.74) is 0.956. The Labute approximate surface area is 131 Å². The summed E-state index contributed by atoms with van der Waals surface area (Å²) >= 11 is 5.95. The number of benzene rings is 2. The molecule has 3 rings (SSSR count). The van der Waals surface area contributed by atoms with Gasteiger partial charge in [0.15, 0.2) is 0 Å². The van der Waals surface area contributed by atoms with E-state index < -0.39 is 5.97 Å². The van der Waals surface area contributed by atoms with E-state index in [0.717, 1.165) is 10.9 Å². The molecule has 22 heavy (non-hydrogen) atoms. The van der Waals surface area contributed by atoms with Crippen LogP contribution in [0.2, 0.25) is 5.02 Å². The lowest BCUT2D eigenvalue weighted by Crippen LogP contribution is -2.20. The summed E-state index contributed by atoms with van der Waals surface area (Å²) < 4.78 is 1.58. The van der Waals surface area contributed by atoms with Crippen LogP contribution in [0.5, 0.6) is 0 Å². The van der Waals surface area contributed by atoms with E-state index in [0.29, 0.717) is 17.0 Å². The number of rotatable bonds is 3. The Bertz CT molecular complexity index is 913. The lowest BCUT2D eigenvalue weighted by molar-refractivity contribution is 0.0697. The molecule has 1 heterocycles. The average Bonchev–Trinajstić information content (AvgIpc) is 2.51. The molecule has 0 saturated carbocycles. The number of hydrogen-bond acceptors (Lipinski definition) is 2. The lowest BCUT2D eigenvalue weighted by atomic mass is 10.1. The third-order valence-corrected chi connectivity index (χ3v) is 3.73. The maximum absolute atomic E-state index is 12.5. The van der Waals surface area contributed by atoms with Crippen LogP contribution in [0.15, 0.2) is 59.5 Å². The molecule has 110 valence electrons. The zero-order valence-corrected chi connectivity index (χ0v) is 12.2. The van der Waals surface area contributed by atoms with E-state index in [1.165, 1.54) is 12.1 Å². The summed E-state index contributed by atoms with van der Waals surface area (Å²) in [5, 5.41) is 10.8. The minimum absolute atomic E-state index is 0.123. The smallest absolute Gasteiger partial charge is 0.335 e. The topological polar surface area (TPSA) is 59.3 Å². The van der Waals surface area contributed by atoms with Crippen LogP contribution in [0.25, 0.3) is 10.8 Å². The van der Waals surface area contributed by atoms with E-state index in [1.54, 1.807) is 35.0 Å². The van der Waals surface area contributed by atoms with Crippen molar-refractivity contribution in [2.45, 2.75) is 6.54 Å². The van der Waals surface area contributed by atoms with Gasteiger partial charge in [-0.25, -0.2) is 4.79 Å². The number of hydrogen-bond donors (Lipinski definition) is 1. The number of aromatic carboxylic acids is 1. The molecule has 0 saturated heterocycles. The van der Waals surface area contributed by atoms with Gasteiger partial charge in [0.1, 0.15) is 0 Å². The summed E-state index contributed by atoms with van der Waals surface area (Å²) in [5.74, 6) is -0.968. The summed E-state index contributed by atoms with van der Waals surface area (Å²) in [7, 11) is 0. The van der Waals surface area contributed by atoms with Crippen molar-refractivity contribution in [3.63, 3.8) is 0 Å². The van der Waals surface area contributed by atoms with Crippen LogP contribution in [0.1, 0.15) is 15.9 Å². The minimum atomic E-state index is -0.968. The van der Waals surface area contributed by atoms with Crippen molar-refractivity contribution in [3.05, 3.63) is 81.2 Å². The van der Waals surface area contributed by atoms with E-state index in [-0.39, 0.29) is 11.1 Å². The van der Waals surface area contributed by atoms with Gasteiger partial charge in [0, 0.05) is 16.6 Å². The molecule has 5 heteroatoms. The van der Waals surface area contributed by atoms with Crippen LogP contribution in [-0.4, -0.2) is 15.6 Å². The van der Waals surface area contributed by atoms with Crippen molar-refractivity contribution in [1.29, 1.82) is 0 Å². The third-order valence-electron chi connectivity index (χ3n) is 3.49. The van der Waals surface area contributed by atoms with Crippen molar-refractivity contribution in [2.24, 2.45) is 0 Å². The number of carboxylic acids is 1. The normalized spacial score (nSPS) is 10.8. The highest BCUT2D eigenvalue weighted by molar-refractivity contribution is 6.31. The molecule has 0 aliphatic carbocycles. The fourth-order valence-electron chi connectivity index (χ4n) is 2.33. The van der Waals surface area contributed by atoms with Crippen LogP contribution in [-0.2, 0) is 6.54 Å². The van der Waals surface area contributed by atoms with Gasteiger partial charge >= 0.3 is 5.97 Å². The Balaban J connectivity index is 1.98. The number of fused-ring (bicyclic) bond motifs is 1. The van der Waals surface area contributed by atoms with E-state index in [1.807, 2.05) is 12.1 Å². The molecule has 0 aliphatic heterocycles. The second kappa shape index (κ2) is 5.66. The van der Waals surface area contributed by atoms with Crippen molar-refractivity contribution >= 4 is 28.3 Å². The average molecular weight is 314 g/mol. The molecule has 2 aromatic carbocycles. The highest BCUT2D eigenvalue weighted by atomic mass is 35.5. The SMILES string of the molecule is O=C(O)c1ccc(Cn2ccc3ccc(Cl)cc3c2=O)cc1. The minimum Gasteiger partial charge on any atom is -0.478 e. The molecule has 0 unspecified atom stereocenters. The molecule has 0 bridgehead atoms. The van der Waals surface area contributed by atoms with Crippen molar-refractivity contribution in [1.82, 2.24) is 4.57 Å². The number of halogens is 1. The van der Waals surface area contributed by atoms with Gasteiger partial charge in [-0.05, 0) is 41.3 Å². The van der Waals surface area contributed by atoms with Gasteiger partial charge in [-0.15, -0.1) is 0 Å². The number of aromatic nitrogens is 1. The van der Waals surface area contributed by atoms with Crippen molar-refractivity contribution in [2.75, 3.05) is 0 Å². The Kier molecular flexibility index (Phi) is 3.69. The molecule has 0 radical (unpaired) electrons. The molecule has 3 aromatic rings. The Morgan fingerprint density at radius 1 is 1.09 bits per heavy atom. The van der Waals surface area contributed by atoms with Crippen molar-refractivity contribution < 1.29 is 9.90 Å². The van der Waals surface area contributed by atoms with Crippen LogP contribution in [0.3, 0.4) is 0 Å². The highest BCUT2D eigenvalue weighted by Crippen LogP contribution is 2.16. The molecule has 0 amide bonds. The first-order valence-corrected chi connectivity index (χ1v) is 7.03. The van der Waals surface area contributed by atoms with Crippen LogP contribution in [0.4, 0.5) is 0 Å². The number of carbonyl (C=O) groups is 1. The van der Waals surface area contributed by atoms with Gasteiger partial charge in [0.25, 0.3) is 5.56 Å². The molecule has 0 aliphatic rings. The van der Waals surface area contributed by atoms with E-state index in [2.05, 4.69) is 0 Å². The predicted molar refractivity (Wildman–Crippen MR) is 85.7 cm³/mol. The Hall–Kier alpha value is -2.59. The molecule has 4 nitrogen and oxygen atoms in total. The van der Waals surface area contributed by atoms with Crippen molar-refractivity contribution in [3.8, 4) is 0 Å². The zero-order chi connectivity index (χ0) is 15.7. The first kappa shape index (κ1) is 14.4. The summed E-state index contributed by atoms with van der Waals surface area (Å²) in [6.07, 6.45) is 1.73. The Morgan fingerprint density at radius 2 is 1.82 bits per heavy atom. The largest absolute Gasteiger partial charge is 0.478 e. The first-order chi connectivity index (χ1) is 10.5. The predicted octanol–water partition coefficient (Wildman–Crippen LogP) is 3.40. The summed E-state index contributed by atoms with van der Waals surface area (Å²) in [6, 6.07) is 13.5. The van der Waals surface area contributed by atoms with Gasteiger partial charge in [0.2, 0.25) is 0 Å². The van der Waals surface area contributed by atoms with Crippen LogP contribution < -0.4 is 5.56 Å². The molecule has 0 fully saturated rings. The zero-order valence-electron chi connectivity index (χ0n) is 11.5. The second-order valence-electron chi connectivity index (χ2n) is 4.98. The standard InChI is InChI=1S/C17H12ClNO3/c18-14-6-5-12-7-8-19(16(20)15(12)9-14)10-11-1-3-13(4-2-11)17(21)22/h1-9H,10H2,(H,21,22). The van der Waals surface area contributed by atoms with Gasteiger partial charge < -0.3 is 9.67 Å². The lowest BCUT2D eigenvalue weighted by Gasteiger charge is -2.08. The van der Waals surface area contributed by atoms with Gasteiger partial charge in [-0.1, -0.05) is 29.8 Å². The molecule has 0 atom stereocenters. The maximum atomic E-state index is 12.5. The van der Waals surface area contributed by atoms with Gasteiger partial charge in [-0.3, -0.25) is 4.79 Å². The molecular weight excluding hydrogens is 302 g/mol. The Morgan fingerprint density at radius 3 is 2.50 bits per heavy atom. The molecule has 0 spiro atoms. The second-order valence-corrected chi connectivity index (χ2v) is 5.42. The maximum Gasteiger partial charge on any atom is 0.335 e. The van der Waals surface area contributed by atoms with Crippen LogP contribution in [0, 0.1) is 0 Å². The van der Waals surface area contributed by atoms with Gasteiger partial charge in [-0.2, -0.15) is 0 Å². The molecule has 1 N–H and O–H groups in total. The fourth-order valence-corrected chi connectivity index (χ4v) is 2.50. The number of pyridine rings is 1. The van der Waals surface area contributed by atoms with Crippen LogP contribution >= 0.6 is 11.6 Å². The molecule has 1 aromatic heterocycles. The van der Waals surface area contributed by atoms with E-state index in [4.69, 9.17) is 16.7 Å². The number of carboxylic acid groups (broad SMARTS) is 1. The first-order valence-electron chi connectivity index (χ1n) is 6.65. The quantitative estimate of drug-likeness (QED) is 0.806. The number of nitrogens with zero attached hydrogens (tertiary/aromatic N) is 1. The fraction of sp³-hybridized carbons (Fsp3) is 0.0588. The van der Waals surface area contributed by atoms with E-state index >= 15 is 0 Å². The monoisotopic (exact) mass is 313 g/mol. The van der Waals surface area contributed by atoms with E-state index in [9.17, 15) is 9.59 Å². The summed E-state index contributed by atoms with van der Waals surface area (Å²) in [4.78, 5) is 23.3. The third kappa shape index (κ3) is 2.73. The summed E-state index contributed by atoms with van der Waals surface area (Å²) in [6.45, 7) is 0.376. The van der Waals surface area contributed by atoms with Gasteiger partial charge in [0.05, 0.1) is 12.1 Å².